The summed E-state index contributed by atoms with van der Waals surface area (Å²) in [4.78, 5) is 2.63. The third-order valence-electron chi connectivity index (χ3n) is 3.84. The van der Waals surface area contributed by atoms with E-state index < -0.39 is 5.54 Å². The second-order valence-electron chi connectivity index (χ2n) is 6.46. The zero-order chi connectivity index (χ0) is 13.6. The molecule has 3 heteroatoms. The largest absolute Gasteiger partial charge is 0.314 e. The van der Waals surface area contributed by atoms with Crippen LogP contribution in [0.4, 0.5) is 0 Å². The molecular formula is C15H29N3. The first-order valence-corrected chi connectivity index (χ1v) is 7.39. The zero-order valence-corrected chi connectivity index (χ0v) is 12.3. The van der Waals surface area contributed by atoms with Gasteiger partial charge in [0.25, 0.3) is 0 Å². The summed E-state index contributed by atoms with van der Waals surface area (Å²) in [5.74, 6) is 0.714. The van der Waals surface area contributed by atoms with Gasteiger partial charge in [-0.25, -0.2) is 0 Å². The van der Waals surface area contributed by atoms with E-state index in [1.165, 1.54) is 32.2 Å². The van der Waals surface area contributed by atoms with Crippen LogP contribution in [0.25, 0.3) is 0 Å². The molecule has 0 aromatic heterocycles. The summed E-state index contributed by atoms with van der Waals surface area (Å²) < 4.78 is 0. The first-order chi connectivity index (χ1) is 8.44. The number of rotatable bonds is 7. The van der Waals surface area contributed by atoms with Gasteiger partial charge in [-0.1, -0.05) is 26.7 Å². The Morgan fingerprint density at radius 3 is 2.50 bits per heavy atom. The van der Waals surface area contributed by atoms with Crippen molar-refractivity contribution in [2.24, 2.45) is 11.7 Å². The first kappa shape index (κ1) is 15.5. The Morgan fingerprint density at radius 2 is 2.00 bits per heavy atom. The van der Waals surface area contributed by atoms with E-state index in [-0.39, 0.29) is 0 Å². The van der Waals surface area contributed by atoms with Gasteiger partial charge in [-0.2, -0.15) is 5.26 Å². The minimum absolute atomic E-state index is 0.654. The molecule has 0 spiro atoms. The Morgan fingerprint density at radius 1 is 1.39 bits per heavy atom. The minimum atomic E-state index is -0.654. The molecular weight excluding hydrogens is 222 g/mol. The van der Waals surface area contributed by atoms with Crippen LogP contribution in [0.2, 0.25) is 0 Å². The molecule has 2 N–H and O–H groups in total. The lowest BCUT2D eigenvalue weighted by atomic mass is 9.98. The van der Waals surface area contributed by atoms with Gasteiger partial charge in [0, 0.05) is 12.6 Å². The summed E-state index contributed by atoms with van der Waals surface area (Å²) in [7, 11) is 0. The summed E-state index contributed by atoms with van der Waals surface area (Å²) in [6, 6.07) is 2.96. The van der Waals surface area contributed by atoms with Gasteiger partial charge in [-0.05, 0) is 45.1 Å². The Kier molecular flexibility index (Phi) is 6.11. The van der Waals surface area contributed by atoms with Crippen LogP contribution in [-0.2, 0) is 0 Å². The third-order valence-corrected chi connectivity index (χ3v) is 3.84. The summed E-state index contributed by atoms with van der Waals surface area (Å²) in [6.45, 7) is 8.67. The molecule has 0 bridgehead atoms. The molecule has 1 fully saturated rings. The number of nitrogens with zero attached hydrogens (tertiary/aromatic N) is 2. The molecule has 0 aliphatic heterocycles. The van der Waals surface area contributed by atoms with E-state index in [9.17, 15) is 0 Å². The lowest BCUT2D eigenvalue weighted by molar-refractivity contribution is 0.171. The molecule has 1 saturated carbocycles. The summed E-state index contributed by atoms with van der Waals surface area (Å²) >= 11 is 0. The average Bonchev–Trinajstić information content (AvgIpc) is 2.80. The topological polar surface area (TPSA) is 53.0 Å². The van der Waals surface area contributed by atoms with Gasteiger partial charge < -0.3 is 10.6 Å². The molecule has 3 nitrogen and oxygen atoms in total. The van der Waals surface area contributed by atoms with E-state index >= 15 is 0 Å². The highest BCUT2D eigenvalue weighted by Crippen LogP contribution is 2.24. The summed E-state index contributed by atoms with van der Waals surface area (Å²) in [6.07, 6.45) is 7.29. The Labute approximate surface area is 112 Å². The van der Waals surface area contributed by atoms with Crippen molar-refractivity contribution in [3.8, 4) is 6.07 Å². The first-order valence-electron chi connectivity index (χ1n) is 7.39. The van der Waals surface area contributed by atoms with Crippen molar-refractivity contribution in [3.63, 3.8) is 0 Å². The third kappa shape index (κ3) is 5.37. The summed E-state index contributed by atoms with van der Waals surface area (Å²) in [5.41, 5.74) is 5.22. The molecule has 104 valence electrons. The fourth-order valence-electron chi connectivity index (χ4n) is 2.87. The second-order valence-corrected chi connectivity index (χ2v) is 6.46. The van der Waals surface area contributed by atoms with Crippen LogP contribution < -0.4 is 5.73 Å². The lowest BCUT2D eigenvalue weighted by Gasteiger charge is -2.31. The molecule has 18 heavy (non-hydrogen) atoms. The van der Waals surface area contributed by atoms with Gasteiger partial charge in [-0.15, -0.1) is 0 Å². The quantitative estimate of drug-likeness (QED) is 0.757. The maximum atomic E-state index is 8.93. The Balaban J connectivity index is 2.39. The normalized spacial score (nSPS) is 20.3. The maximum absolute atomic E-state index is 8.93. The molecule has 0 aromatic rings. The molecule has 1 aliphatic rings. The van der Waals surface area contributed by atoms with Crippen molar-refractivity contribution in [1.29, 1.82) is 5.26 Å². The van der Waals surface area contributed by atoms with E-state index in [0.29, 0.717) is 5.92 Å². The van der Waals surface area contributed by atoms with Gasteiger partial charge in [0.1, 0.15) is 5.54 Å². The van der Waals surface area contributed by atoms with E-state index in [2.05, 4.69) is 24.8 Å². The van der Waals surface area contributed by atoms with E-state index in [0.717, 1.165) is 25.4 Å². The van der Waals surface area contributed by atoms with Gasteiger partial charge in [0.2, 0.25) is 0 Å². The summed E-state index contributed by atoms with van der Waals surface area (Å²) in [5, 5.41) is 8.93. The lowest BCUT2D eigenvalue weighted by Crippen LogP contribution is -2.39. The van der Waals surface area contributed by atoms with Crippen LogP contribution in [0.15, 0.2) is 0 Å². The SMILES string of the molecule is CC(C)CN(CCCC(C)(N)C#N)C1CCCC1. The van der Waals surface area contributed by atoms with Crippen LogP contribution in [-0.4, -0.2) is 29.6 Å². The van der Waals surface area contributed by atoms with Crippen molar-refractivity contribution in [2.45, 2.75) is 70.9 Å². The molecule has 1 atom stereocenters. The number of nitrogens with two attached hydrogens (primary N) is 1. The molecule has 1 unspecified atom stereocenters. The molecule has 1 rings (SSSR count). The van der Waals surface area contributed by atoms with Crippen LogP contribution >= 0.6 is 0 Å². The van der Waals surface area contributed by atoms with E-state index in [4.69, 9.17) is 11.0 Å². The highest BCUT2D eigenvalue weighted by molar-refractivity contribution is 5.00. The fraction of sp³-hybridized carbons (Fsp3) is 0.933. The average molecular weight is 251 g/mol. The highest BCUT2D eigenvalue weighted by Gasteiger charge is 2.24. The molecule has 1 aliphatic carbocycles. The van der Waals surface area contributed by atoms with Crippen LogP contribution in [0.3, 0.4) is 0 Å². The standard InChI is InChI=1S/C15H29N3/c1-13(2)11-18(14-7-4-5-8-14)10-6-9-15(3,17)12-16/h13-14H,4-11,17H2,1-3H3. The highest BCUT2D eigenvalue weighted by atomic mass is 15.2. The smallest absolute Gasteiger partial charge is 0.101 e. The van der Waals surface area contributed by atoms with E-state index in [1.807, 2.05) is 6.92 Å². The van der Waals surface area contributed by atoms with Crippen molar-refractivity contribution in [2.75, 3.05) is 13.1 Å². The molecule has 0 amide bonds. The number of nitriles is 1. The monoisotopic (exact) mass is 251 g/mol. The van der Waals surface area contributed by atoms with Gasteiger partial charge in [-0.3, -0.25) is 0 Å². The molecule has 0 aromatic carbocycles. The van der Waals surface area contributed by atoms with Gasteiger partial charge in [0.05, 0.1) is 6.07 Å². The van der Waals surface area contributed by atoms with Crippen molar-refractivity contribution in [1.82, 2.24) is 4.90 Å². The Bertz CT molecular complexity index is 272. The second kappa shape index (κ2) is 7.11. The van der Waals surface area contributed by atoms with Crippen LogP contribution in [0, 0.1) is 17.2 Å². The van der Waals surface area contributed by atoms with Crippen molar-refractivity contribution < 1.29 is 0 Å². The van der Waals surface area contributed by atoms with Crippen LogP contribution in [0.5, 0.6) is 0 Å². The predicted octanol–water partition coefficient (Wildman–Crippen LogP) is 2.91. The zero-order valence-electron chi connectivity index (χ0n) is 12.3. The van der Waals surface area contributed by atoms with Gasteiger partial charge in [0.15, 0.2) is 0 Å². The minimum Gasteiger partial charge on any atom is -0.314 e. The Hall–Kier alpha value is -0.590. The number of hydrogen-bond acceptors (Lipinski definition) is 3. The maximum Gasteiger partial charge on any atom is 0.101 e. The van der Waals surface area contributed by atoms with Crippen molar-refractivity contribution >= 4 is 0 Å². The molecule has 0 heterocycles. The van der Waals surface area contributed by atoms with Crippen LogP contribution in [0.1, 0.15) is 59.3 Å². The molecule has 0 radical (unpaired) electrons. The predicted molar refractivity (Wildman–Crippen MR) is 76.1 cm³/mol. The number of hydrogen-bond donors (Lipinski definition) is 1. The van der Waals surface area contributed by atoms with E-state index in [1.54, 1.807) is 0 Å². The van der Waals surface area contributed by atoms with Crippen molar-refractivity contribution in [3.05, 3.63) is 0 Å². The fourth-order valence-corrected chi connectivity index (χ4v) is 2.87. The molecule has 0 saturated heterocycles. The van der Waals surface area contributed by atoms with Gasteiger partial charge >= 0.3 is 0 Å².